The van der Waals surface area contributed by atoms with Crippen LogP contribution in [0.3, 0.4) is 0 Å². The van der Waals surface area contributed by atoms with E-state index in [1.54, 1.807) is 7.11 Å². The van der Waals surface area contributed by atoms with Crippen LogP contribution in [0.25, 0.3) is 22.4 Å². The quantitative estimate of drug-likeness (QED) is 0.787. The Hall–Kier alpha value is -1.92. The van der Waals surface area contributed by atoms with Crippen molar-refractivity contribution in [1.82, 2.24) is 9.97 Å². The molecule has 0 aliphatic heterocycles. The van der Waals surface area contributed by atoms with Gasteiger partial charge in [0.05, 0.1) is 17.9 Å². The molecule has 1 N–H and O–H groups in total. The van der Waals surface area contributed by atoms with Crippen molar-refractivity contribution in [1.29, 1.82) is 0 Å². The van der Waals surface area contributed by atoms with Crippen molar-refractivity contribution in [2.75, 3.05) is 7.11 Å². The Morgan fingerprint density at radius 2 is 2.14 bits per heavy atom. The average molecular weight is 349 g/mol. The highest BCUT2D eigenvalue weighted by atomic mass is 79.9. The molecule has 0 aliphatic carbocycles. The van der Waals surface area contributed by atoms with Crippen LogP contribution >= 0.6 is 15.9 Å². The first-order valence-corrected chi connectivity index (χ1v) is 7.17. The molecule has 21 heavy (non-hydrogen) atoms. The molecule has 0 radical (unpaired) electrons. The molecular formula is C15H13BrN2O3. The maximum Gasteiger partial charge on any atom is 0.265 e. The topological polar surface area (TPSA) is 68.1 Å². The van der Waals surface area contributed by atoms with Gasteiger partial charge in [0.25, 0.3) is 5.56 Å². The molecule has 0 saturated heterocycles. The van der Waals surface area contributed by atoms with Gasteiger partial charge in [0, 0.05) is 12.5 Å². The van der Waals surface area contributed by atoms with E-state index in [1.807, 2.05) is 31.2 Å². The molecule has 1 aromatic carbocycles. The number of hydrogen-bond donors (Lipinski definition) is 1. The summed E-state index contributed by atoms with van der Waals surface area (Å²) in [5.41, 5.74) is 1.88. The van der Waals surface area contributed by atoms with Gasteiger partial charge in [-0.2, -0.15) is 0 Å². The summed E-state index contributed by atoms with van der Waals surface area (Å²) in [5.74, 6) is 1.20. The van der Waals surface area contributed by atoms with Crippen LogP contribution < -0.4 is 5.56 Å². The molecule has 5 nitrogen and oxygen atoms in total. The third kappa shape index (κ3) is 2.41. The van der Waals surface area contributed by atoms with Gasteiger partial charge in [-0.25, -0.2) is 4.98 Å². The number of ether oxygens (including phenoxy) is 1. The molecule has 0 saturated carbocycles. The van der Waals surface area contributed by atoms with Crippen LogP contribution in [0.4, 0.5) is 0 Å². The van der Waals surface area contributed by atoms with Crippen LogP contribution in [0.2, 0.25) is 0 Å². The number of aromatic amines is 1. The van der Waals surface area contributed by atoms with Crippen LogP contribution in [0.15, 0.2) is 37.9 Å². The van der Waals surface area contributed by atoms with Crippen molar-refractivity contribution in [3.8, 4) is 11.4 Å². The zero-order chi connectivity index (χ0) is 15.0. The molecule has 3 rings (SSSR count). The molecule has 0 atom stereocenters. The van der Waals surface area contributed by atoms with Crippen LogP contribution in [-0.4, -0.2) is 17.1 Å². The van der Waals surface area contributed by atoms with Gasteiger partial charge in [0.15, 0.2) is 0 Å². The van der Waals surface area contributed by atoms with Gasteiger partial charge < -0.3 is 14.1 Å². The van der Waals surface area contributed by atoms with Gasteiger partial charge in [-0.15, -0.1) is 0 Å². The number of methoxy groups -OCH3 is 1. The second-order valence-corrected chi connectivity index (χ2v) is 5.43. The average Bonchev–Trinajstić information content (AvgIpc) is 2.79. The Balaban J connectivity index is 2.28. The summed E-state index contributed by atoms with van der Waals surface area (Å²) in [6, 6.07) is 7.66. The number of nitrogens with one attached hydrogen (secondary N) is 1. The van der Waals surface area contributed by atoms with Gasteiger partial charge in [-0.05, 0) is 28.9 Å². The van der Waals surface area contributed by atoms with Gasteiger partial charge >= 0.3 is 0 Å². The van der Waals surface area contributed by atoms with Crippen molar-refractivity contribution in [3.63, 3.8) is 0 Å². The second kappa shape index (κ2) is 5.46. The molecule has 2 aromatic heterocycles. The third-order valence-electron chi connectivity index (χ3n) is 3.22. The van der Waals surface area contributed by atoms with Crippen molar-refractivity contribution >= 4 is 26.9 Å². The van der Waals surface area contributed by atoms with Crippen molar-refractivity contribution in [3.05, 3.63) is 50.5 Å². The lowest BCUT2D eigenvalue weighted by Gasteiger charge is -2.05. The Morgan fingerprint density at radius 3 is 2.90 bits per heavy atom. The van der Waals surface area contributed by atoms with E-state index in [0.717, 1.165) is 16.5 Å². The monoisotopic (exact) mass is 348 g/mol. The van der Waals surface area contributed by atoms with Gasteiger partial charge in [0.1, 0.15) is 21.6 Å². The lowest BCUT2D eigenvalue weighted by molar-refractivity contribution is 0.180. The fraction of sp³-hybridized carbons (Fsp3) is 0.200. The second-order valence-electron chi connectivity index (χ2n) is 4.64. The standard InChI is InChI=1S/C15H13BrN2O3/c1-8-12(9-5-3-4-6-11(9)21-8)14-17-10(7-20-2)13(16)15(19)18-14/h3-6H,7H2,1-2H3,(H,17,18,19). The summed E-state index contributed by atoms with van der Waals surface area (Å²) in [6.45, 7) is 2.11. The highest BCUT2D eigenvalue weighted by Crippen LogP contribution is 2.32. The van der Waals surface area contributed by atoms with E-state index in [9.17, 15) is 4.79 Å². The predicted octanol–water partition coefficient (Wildman–Crippen LogP) is 3.40. The number of fused-ring (bicyclic) bond motifs is 1. The first kappa shape index (κ1) is 14.0. The summed E-state index contributed by atoms with van der Waals surface area (Å²) in [7, 11) is 1.56. The number of H-pyrrole nitrogens is 1. The number of benzene rings is 1. The molecule has 6 heteroatoms. The van der Waals surface area contributed by atoms with E-state index < -0.39 is 0 Å². The number of nitrogens with zero attached hydrogens (tertiary/aromatic N) is 1. The summed E-state index contributed by atoms with van der Waals surface area (Å²) in [4.78, 5) is 19.3. The molecule has 0 aliphatic rings. The molecular weight excluding hydrogens is 336 g/mol. The van der Waals surface area contributed by atoms with Crippen molar-refractivity contribution in [2.24, 2.45) is 0 Å². The van der Waals surface area contributed by atoms with Crippen molar-refractivity contribution in [2.45, 2.75) is 13.5 Å². The van der Waals surface area contributed by atoms with E-state index >= 15 is 0 Å². The zero-order valence-electron chi connectivity index (χ0n) is 11.6. The van der Waals surface area contributed by atoms with E-state index in [1.165, 1.54) is 0 Å². The molecule has 2 heterocycles. The Kier molecular flexibility index (Phi) is 3.65. The van der Waals surface area contributed by atoms with E-state index in [0.29, 0.717) is 21.8 Å². The maximum absolute atomic E-state index is 12.0. The number of halogens is 1. The summed E-state index contributed by atoms with van der Waals surface area (Å²) < 4.78 is 11.2. The zero-order valence-corrected chi connectivity index (χ0v) is 13.2. The number of furan rings is 1. The summed E-state index contributed by atoms with van der Waals surface area (Å²) >= 11 is 3.24. The lowest BCUT2D eigenvalue weighted by atomic mass is 10.1. The molecule has 0 unspecified atom stereocenters. The van der Waals surface area contributed by atoms with E-state index in [2.05, 4.69) is 25.9 Å². The minimum atomic E-state index is -0.239. The molecule has 0 fully saturated rings. The first-order chi connectivity index (χ1) is 10.1. The summed E-state index contributed by atoms with van der Waals surface area (Å²) in [6.07, 6.45) is 0. The highest BCUT2D eigenvalue weighted by molar-refractivity contribution is 9.10. The van der Waals surface area contributed by atoms with Crippen molar-refractivity contribution < 1.29 is 9.15 Å². The van der Waals surface area contributed by atoms with E-state index in [4.69, 9.17) is 9.15 Å². The molecule has 108 valence electrons. The van der Waals surface area contributed by atoms with E-state index in [-0.39, 0.29) is 12.2 Å². The fourth-order valence-corrected chi connectivity index (χ4v) is 2.62. The van der Waals surface area contributed by atoms with Gasteiger partial charge in [-0.3, -0.25) is 4.79 Å². The predicted molar refractivity (Wildman–Crippen MR) is 83.2 cm³/mol. The minimum Gasteiger partial charge on any atom is -0.461 e. The SMILES string of the molecule is COCc1nc(-c2c(C)oc3ccccc23)[nH]c(=O)c1Br. The molecule has 0 amide bonds. The fourth-order valence-electron chi connectivity index (χ4n) is 2.32. The first-order valence-electron chi connectivity index (χ1n) is 6.38. The molecule has 0 spiro atoms. The largest absolute Gasteiger partial charge is 0.461 e. The molecule has 3 aromatic rings. The van der Waals surface area contributed by atoms with Gasteiger partial charge in [0.2, 0.25) is 0 Å². The normalized spacial score (nSPS) is 11.2. The van der Waals surface area contributed by atoms with Crippen LogP contribution in [0, 0.1) is 6.92 Å². The van der Waals surface area contributed by atoms with Crippen LogP contribution in [0.1, 0.15) is 11.5 Å². The number of para-hydroxylation sites is 1. The summed E-state index contributed by atoms with van der Waals surface area (Å²) in [5, 5.41) is 0.920. The number of aryl methyl sites for hydroxylation is 1. The number of rotatable bonds is 3. The lowest BCUT2D eigenvalue weighted by Crippen LogP contribution is -2.14. The van der Waals surface area contributed by atoms with Crippen LogP contribution in [-0.2, 0) is 11.3 Å². The smallest absolute Gasteiger partial charge is 0.265 e. The molecule has 0 bridgehead atoms. The van der Waals surface area contributed by atoms with Crippen LogP contribution in [0.5, 0.6) is 0 Å². The Morgan fingerprint density at radius 1 is 1.38 bits per heavy atom. The Bertz CT molecular complexity index is 867. The number of hydrogen-bond acceptors (Lipinski definition) is 4. The third-order valence-corrected chi connectivity index (χ3v) is 4.04. The highest BCUT2D eigenvalue weighted by Gasteiger charge is 2.17. The maximum atomic E-state index is 12.0. The minimum absolute atomic E-state index is 0.239. The Labute approximate surface area is 129 Å². The van der Waals surface area contributed by atoms with Gasteiger partial charge in [-0.1, -0.05) is 18.2 Å². The number of aromatic nitrogens is 2.